The molecule has 4 rings (SSSR count). The summed E-state index contributed by atoms with van der Waals surface area (Å²) in [6, 6.07) is 15.9. The van der Waals surface area contributed by atoms with Crippen molar-refractivity contribution in [3.05, 3.63) is 77.4 Å². The molecule has 0 saturated carbocycles. The molecule has 1 aliphatic heterocycles. The number of aromatic nitrogens is 2. The van der Waals surface area contributed by atoms with Crippen LogP contribution in [0.2, 0.25) is 0 Å². The fourth-order valence-corrected chi connectivity index (χ4v) is 4.34. The van der Waals surface area contributed by atoms with Crippen LogP contribution >= 0.6 is 0 Å². The van der Waals surface area contributed by atoms with E-state index in [1.54, 1.807) is 7.11 Å². The van der Waals surface area contributed by atoms with Gasteiger partial charge in [0.1, 0.15) is 17.3 Å². The van der Waals surface area contributed by atoms with Crippen LogP contribution in [0.25, 0.3) is 0 Å². The molecular formula is C26H31N3O3. The van der Waals surface area contributed by atoms with Gasteiger partial charge in [-0.25, -0.2) is 4.98 Å². The third-order valence-electron chi connectivity index (χ3n) is 6.05. The molecule has 0 aliphatic carbocycles. The summed E-state index contributed by atoms with van der Waals surface area (Å²) in [5.41, 5.74) is 3.28. The van der Waals surface area contributed by atoms with Crippen LogP contribution in [0, 0.1) is 6.92 Å². The SMILES string of the molecule is CCOc1ccc(CC(=O)N2CCCC2c2ncc(C)n2Cc2ccc(OC)cc2)cc1. The van der Waals surface area contributed by atoms with E-state index in [1.807, 2.05) is 54.4 Å². The zero-order chi connectivity index (χ0) is 22.5. The summed E-state index contributed by atoms with van der Waals surface area (Å²) in [6.45, 7) is 6.17. The van der Waals surface area contributed by atoms with Gasteiger partial charge in [-0.1, -0.05) is 24.3 Å². The van der Waals surface area contributed by atoms with E-state index in [0.29, 0.717) is 13.0 Å². The minimum absolute atomic E-state index is 0.0112. The zero-order valence-corrected chi connectivity index (χ0v) is 19.1. The number of methoxy groups -OCH3 is 1. The molecule has 2 aromatic carbocycles. The molecule has 6 heteroatoms. The van der Waals surface area contributed by atoms with Crippen molar-refractivity contribution in [3.8, 4) is 11.5 Å². The highest BCUT2D eigenvalue weighted by Crippen LogP contribution is 2.33. The molecule has 168 valence electrons. The predicted molar refractivity (Wildman–Crippen MR) is 124 cm³/mol. The number of benzene rings is 2. The molecule has 0 spiro atoms. The average Bonchev–Trinajstić information content (AvgIpc) is 3.43. The molecule has 1 fully saturated rings. The molecule has 1 saturated heterocycles. The van der Waals surface area contributed by atoms with Crippen LogP contribution in [0.15, 0.2) is 54.7 Å². The quantitative estimate of drug-likeness (QED) is 0.523. The van der Waals surface area contributed by atoms with Crippen LogP contribution in [0.4, 0.5) is 0 Å². The number of likely N-dealkylation sites (tertiary alicyclic amines) is 1. The molecule has 32 heavy (non-hydrogen) atoms. The Morgan fingerprint density at radius 2 is 1.75 bits per heavy atom. The van der Waals surface area contributed by atoms with Crippen molar-refractivity contribution in [1.29, 1.82) is 0 Å². The lowest BCUT2D eigenvalue weighted by Gasteiger charge is -2.25. The molecule has 3 aromatic rings. The van der Waals surface area contributed by atoms with Crippen LogP contribution in [-0.2, 0) is 17.8 Å². The van der Waals surface area contributed by atoms with Crippen molar-refractivity contribution in [2.24, 2.45) is 0 Å². The highest BCUT2D eigenvalue weighted by molar-refractivity contribution is 5.79. The second-order valence-electron chi connectivity index (χ2n) is 8.19. The first-order valence-electron chi connectivity index (χ1n) is 11.2. The predicted octanol–water partition coefficient (Wildman–Crippen LogP) is 4.55. The number of imidazole rings is 1. The Bertz CT molecular complexity index is 1040. The van der Waals surface area contributed by atoms with E-state index in [0.717, 1.165) is 54.5 Å². The normalized spacial score (nSPS) is 15.7. The molecule has 1 unspecified atom stereocenters. The van der Waals surface area contributed by atoms with Crippen LogP contribution in [0.1, 0.15) is 48.5 Å². The van der Waals surface area contributed by atoms with Gasteiger partial charge in [-0.2, -0.15) is 0 Å². The van der Waals surface area contributed by atoms with Crippen molar-refractivity contribution in [2.75, 3.05) is 20.3 Å². The minimum Gasteiger partial charge on any atom is -0.497 e. The third-order valence-corrected chi connectivity index (χ3v) is 6.05. The van der Waals surface area contributed by atoms with Gasteiger partial charge in [-0.15, -0.1) is 0 Å². The number of hydrogen-bond donors (Lipinski definition) is 0. The van der Waals surface area contributed by atoms with E-state index >= 15 is 0 Å². The second kappa shape index (κ2) is 9.90. The third kappa shape index (κ3) is 4.79. The van der Waals surface area contributed by atoms with Gasteiger partial charge in [0.05, 0.1) is 26.2 Å². The Balaban J connectivity index is 1.49. The second-order valence-corrected chi connectivity index (χ2v) is 8.19. The number of amides is 1. The first-order chi connectivity index (χ1) is 15.6. The number of rotatable bonds is 8. The summed E-state index contributed by atoms with van der Waals surface area (Å²) >= 11 is 0. The fraction of sp³-hybridized carbons (Fsp3) is 0.385. The highest BCUT2D eigenvalue weighted by atomic mass is 16.5. The summed E-state index contributed by atoms with van der Waals surface area (Å²) in [5.74, 6) is 2.79. The van der Waals surface area contributed by atoms with Gasteiger partial charge in [0.25, 0.3) is 0 Å². The zero-order valence-electron chi connectivity index (χ0n) is 19.1. The minimum atomic E-state index is 0.0112. The van der Waals surface area contributed by atoms with Crippen molar-refractivity contribution in [1.82, 2.24) is 14.5 Å². The molecule has 0 N–H and O–H groups in total. The van der Waals surface area contributed by atoms with E-state index in [4.69, 9.17) is 14.5 Å². The van der Waals surface area contributed by atoms with Gasteiger partial charge in [-0.05, 0) is 62.1 Å². The van der Waals surface area contributed by atoms with Gasteiger partial charge in [-0.3, -0.25) is 4.79 Å². The van der Waals surface area contributed by atoms with E-state index in [-0.39, 0.29) is 11.9 Å². The Hall–Kier alpha value is -3.28. The highest BCUT2D eigenvalue weighted by Gasteiger charge is 2.33. The van der Waals surface area contributed by atoms with Crippen molar-refractivity contribution < 1.29 is 14.3 Å². The summed E-state index contributed by atoms with van der Waals surface area (Å²) in [7, 11) is 1.67. The van der Waals surface area contributed by atoms with Gasteiger partial charge in [0.15, 0.2) is 0 Å². The van der Waals surface area contributed by atoms with Crippen LogP contribution in [-0.4, -0.2) is 40.6 Å². The van der Waals surface area contributed by atoms with Gasteiger partial charge < -0.3 is 18.9 Å². The molecule has 0 bridgehead atoms. The molecule has 1 amide bonds. The van der Waals surface area contributed by atoms with E-state index < -0.39 is 0 Å². The van der Waals surface area contributed by atoms with Crippen LogP contribution < -0.4 is 9.47 Å². The number of aryl methyl sites for hydroxylation is 1. The summed E-state index contributed by atoms with van der Waals surface area (Å²) in [4.78, 5) is 19.9. The lowest BCUT2D eigenvalue weighted by molar-refractivity contribution is -0.131. The van der Waals surface area contributed by atoms with E-state index in [1.165, 1.54) is 5.56 Å². The summed E-state index contributed by atoms with van der Waals surface area (Å²) < 4.78 is 13.0. The maximum absolute atomic E-state index is 13.2. The average molecular weight is 434 g/mol. The fourth-order valence-electron chi connectivity index (χ4n) is 4.34. The Kier molecular flexibility index (Phi) is 6.78. The molecule has 2 heterocycles. The largest absolute Gasteiger partial charge is 0.497 e. The molecular weight excluding hydrogens is 402 g/mol. The van der Waals surface area contributed by atoms with Crippen LogP contribution in [0.3, 0.4) is 0 Å². The smallest absolute Gasteiger partial charge is 0.227 e. The van der Waals surface area contributed by atoms with Gasteiger partial charge >= 0.3 is 0 Å². The van der Waals surface area contributed by atoms with Gasteiger partial charge in [0, 0.05) is 25.0 Å². The maximum atomic E-state index is 13.2. The molecule has 1 aliphatic rings. The first kappa shape index (κ1) is 21.9. The lowest BCUT2D eigenvalue weighted by atomic mass is 10.1. The summed E-state index contributed by atoms with van der Waals surface area (Å²) in [5, 5.41) is 0. The Morgan fingerprint density at radius 3 is 2.44 bits per heavy atom. The Morgan fingerprint density at radius 1 is 1.06 bits per heavy atom. The van der Waals surface area contributed by atoms with Crippen molar-refractivity contribution >= 4 is 5.91 Å². The molecule has 6 nitrogen and oxygen atoms in total. The standard InChI is InChI=1S/C26H31N3O3/c1-4-32-23-13-7-20(8-14-23)16-25(30)28-15-5-6-24(28)26-27-17-19(2)29(26)18-21-9-11-22(31-3)12-10-21/h7-14,17,24H,4-6,15-16,18H2,1-3H3. The first-order valence-corrected chi connectivity index (χ1v) is 11.2. The van der Waals surface area contributed by atoms with Crippen molar-refractivity contribution in [2.45, 2.75) is 45.7 Å². The van der Waals surface area contributed by atoms with E-state index in [9.17, 15) is 4.79 Å². The number of nitrogens with zero attached hydrogens (tertiary/aromatic N) is 3. The maximum Gasteiger partial charge on any atom is 0.227 e. The molecule has 0 radical (unpaired) electrons. The molecule has 1 aromatic heterocycles. The van der Waals surface area contributed by atoms with Crippen LogP contribution in [0.5, 0.6) is 11.5 Å². The van der Waals surface area contributed by atoms with Gasteiger partial charge in [0.2, 0.25) is 5.91 Å². The number of carbonyl (C=O) groups is 1. The number of carbonyl (C=O) groups excluding carboxylic acids is 1. The Labute approximate surface area is 189 Å². The topological polar surface area (TPSA) is 56.6 Å². The number of hydrogen-bond acceptors (Lipinski definition) is 4. The van der Waals surface area contributed by atoms with E-state index in [2.05, 4.69) is 23.6 Å². The summed E-state index contributed by atoms with van der Waals surface area (Å²) in [6.07, 6.45) is 4.23. The lowest BCUT2D eigenvalue weighted by Crippen LogP contribution is -2.33. The monoisotopic (exact) mass is 433 g/mol. The number of ether oxygens (including phenoxy) is 2. The molecule has 1 atom stereocenters. The van der Waals surface area contributed by atoms with Crippen molar-refractivity contribution in [3.63, 3.8) is 0 Å².